The van der Waals surface area contributed by atoms with Crippen molar-refractivity contribution < 1.29 is 5.11 Å². The Balaban J connectivity index is 2.20. The van der Waals surface area contributed by atoms with Crippen LogP contribution in [0, 0.1) is 11.3 Å². The summed E-state index contributed by atoms with van der Waals surface area (Å²) in [5.41, 5.74) is 1.91. The number of hydrogen-bond acceptors (Lipinski definition) is 2. The monoisotopic (exact) mass is 187 g/mol. The van der Waals surface area contributed by atoms with Crippen molar-refractivity contribution in [3.8, 4) is 6.07 Å². The highest BCUT2D eigenvalue weighted by atomic mass is 16.3. The molecular weight excluding hydrogens is 174 g/mol. The molecule has 1 aromatic rings. The minimum Gasteiger partial charge on any atom is -0.393 e. The minimum atomic E-state index is -0.147. The fourth-order valence-electron chi connectivity index (χ4n) is 2.12. The molecule has 1 aliphatic carbocycles. The summed E-state index contributed by atoms with van der Waals surface area (Å²) in [5.74, 6) is 0.443. The molecule has 1 aliphatic rings. The average molecular weight is 187 g/mol. The molecule has 0 aromatic heterocycles. The summed E-state index contributed by atoms with van der Waals surface area (Å²) in [7, 11) is 0. The van der Waals surface area contributed by atoms with Gasteiger partial charge in [-0.3, -0.25) is 0 Å². The van der Waals surface area contributed by atoms with E-state index in [4.69, 9.17) is 5.26 Å². The number of nitriles is 1. The molecule has 14 heavy (non-hydrogen) atoms. The van der Waals surface area contributed by atoms with Crippen LogP contribution in [0.3, 0.4) is 0 Å². The molecule has 0 saturated heterocycles. The Morgan fingerprint density at radius 1 is 1.36 bits per heavy atom. The van der Waals surface area contributed by atoms with Gasteiger partial charge in [0.25, 0.3) is 0 Å². The molecule has 1 N–H and O–H groups in total. The van der Waals surface area contributed by atoms with Crippen LogP contribution in [0.2, 0.25) is 0 Å². The van der Waals surface area contributed by atoms with Gasteiger partial charge in [0.2, 0.25) is 0 Å². The van der Waals surface area contributed by atoms with Crippen LogP contribution in [0.5, 0.6) is 0 Å². The Labute approximate surface area is 83.8 Å². The van der Waals surface area contributed by atoms with Crippen molar-refractivity contribution in [3.63, 3.8) is 0 Å². The highest BCUT2D eigenvalue weighted by Crippen LogP contribution is 2.34. The molecule has 0 heterocycles. The highest BCUT2D eigenvalue weighted by Gasteiger charge is 2.23. The van der Waals surface area contributed by atoms with Gasteiger partial charge in [0, 0.05) is 0 Å². The second-order valence-corrected chi connectivity index (χ2v) is 3.90. The Kier molecular flexibility index (Phi) is 2.51. The minimum absolute atomic E-state index is 0.147. The third kappa shape index (κ3) is 1.78. The van der Waals surface area contributed by atoms with Crippen LogP contribution in [-0.4, -0.2) is 11.2 Å². The number of hydrogen-bond donors (Lipinski definition) is 1. The third-order valence-electron chi connectivity index (χ3n) is 2.89. The fourth-order valence-corrected chi connectivity index (χ4v) is 2.12. The largest absolute Gasteiger partial charge is 0.393 e. The van der Waals surface area contributed by atoms with Gasteiger partial charge in [-0.05, 0) is 42.9 Å². The van der Waals surface area contributed by atoms with Gasteiger partial charge < -0.3 is 5.11 Å². The Bertz CT molecular complexity index is 367. The molecule has 2 atom stereocenters. The Morgan fingerprint density at radius 3 is 2.86 bits per heavy atom. The summed E-state index contributed by atoms with van der Waals surface area (Å²) < 4.78 is 0. The van der Waals surface area contributed by atoms with E-state index in [9.17, 15) is 5.11 Å². The maximum atomic E-state index is 9.42. The molecule has 72 valence electrons. The van der Waals surface area contributed by atoms with Crippen LogP contribution >= 0.6 is 0 Å². The van der Waals surface area contributed by atoms with Crippen molar-refractivity contribution in [1.29, 1.82) is 5.26 Å². The van der Waals surface area contributed by atoms with Gasteiger partial charge in [-0.1, -0.05) is 12.1 Å². The van der Waals surface area contributed by atoms with Crippen LogP contribution in [-0.2, 0) is 0 Å². The summed E-state index contributed by atoms with van der Waals surface area (Å²) in [6, 6.07) is 9.85. The van der Waals surface area contributed by atoms with E-state index in [1.807, 2.05) is 24.3 Å². The van der Waals surface area contributed by atoms with Crippen molar-refractivity contribution in [2.45, 2.75) is 31.3 Å². The van der Waals surface area contributed by atoms with Gasteiger partial charge in [0.1, 0.15) is 0 Å². The van der Waals surface area contributed by atoms with Gasteiger partial charge in [0.15, 0.2) is 0 Å². The molecule has 0 unspecified atom stereocenters. The fraction of sp³-hybridized carbons (Fsp3) is 0.417. The summed E-state index contributed by atoms with van der Waals surface area (Å²) in [5, 5.41) is 18.2. The SMILES string of the molecule is N#Cc1cccc([C@@H]2CC[C@H](O)C2)c1. The third-order valence-corrected chi connectivity index (χ3v) is 2.89. The molecule has 0 spiro atoms. The van der Waals surface area contributed by atoms with Gasteiger partial charge in [-0.25, -0.2) is 0 Å². The van der Waals surface area contributed by atoms with E-state index in [1.54, 1.807) is 0 Å². The standard InChI is InChI=1S/C12H13NO/c13-8-9-2-1-3-10(6-9)11-4-5-12(14)7-11/h1-3,6,11-12,14H,4-5,7H2/t11-,12+/m1/s1. The number of nitrogens with zero attached hydrogens (tertiary/aromatic N) is 1. The Hall–Kier alpha value is -1.33. The number of aliphatic hydroxyl groups is 1. The predicted molar refractivity (Wildman–Crippen MR) is 53.8 cm³/mol. The smallest absolute Gasteiger partial charge is 0.0991 e. The van der Waals surface area contributed by atoms with Crippen LogP contribution in [0.1, 0.15) is 36.3 Å². The predicted octanol–water partition coefficient (Wildman–Crippen LogP) is 2.19. The molecule has 0 bridgehead atoms. The maximum absolute atomic E-state index is 9.42. The number of benzene rings is 1. The van der Waals surface area contributed by atoms with E-state index in [0.29, 0.717) is 11.5 Å². The maximum Gasteiger partial charge on any atom is 0.0991 e. The van der Waals surface area contributed by atoms with Gasteiger partial charge in [0.05, 0.1) is 17.7 Å². The van der Waals surface area contributed by atoms with Crippen molar-refractivity contribution >= 4 is 0 Å². The van der Waals surface area contributed by atoms with E-state index in [0.717, 1.165) is 19.3 Å². The lowest BCUT2D eigenvalue weighted by molar-refractivity contribution is 0.181. The lowest BCUT2D eigenvalue weighted by Crippen LogP contribution is -1.99. The van der Waals surface area contributed by atoms with Crippen LogP contribution in [0.25, 0.3) is 0 Å². The molecule has 1 fully saturated rings. The van der Waals surface area contributed by atoms with Gasteiger partial charge >= 0.3 is 0 Å². The van der Waals surface area contributed by atoms with E-state index in [-0.39, 0.29) is 6.10 Å². The quantitative estimate of drug-likeness (QED) is 0.732. The normalized spacial score (nSPS) is 26.0. The van der Waals surface area contributed by atoms with E-state index in [1.165, 1.54) is 5.56 Å². The van der Waals surface area contributed by atoms with E-state index in [2.05, 4.69) is 6.07 Å². The average Bonchev–Trinajstić information content (AvgIpc) is 2.65. The molecule has 2 nitrogen and oxygen atoms in total. The second kappa shape index (κ2) is 3.81. The van der Waals surface area contributed by atoms with Crippen LogP contribution < -0.4 is 0 Å². The molecule has 0 radical (unpaired) electrons. The molecule has 1 saturated carbocycles. The molecule has 2 rings (SSSR count). The number of rotatable bonds is 1. The molecule has 2 heteroatoms. The zero-order chi connectivity index (χ0) is 9.97. The Morgan fingerprint density at radius 2 is 2.21 bits per heavy atom. The summed E-state index contributed by atoms with van der Waals surface area (Å²) in [6.07, 6.45) is 2.62. The highest BCUT2D eigenvalue weighted by molar-refractivity contribution is 5.34. The topological polar surface area (TPSA) is 44.0 Å². The van der Waals surface area contributed by atoms with Crippen molar-refractivity contribution in [2.75, 3.05) is 0 Å². The van der Waals surface area contributed by atoms with Gasteiger partial charge in [-0.15, -0.1) is 0 Å². The van der Waals surface area contributed by atoms with Crippen molar-refractivity contribution in [2.24, 2.45) is 0 Å². The molecule has 1 aromatic carbocycles. The first kappa shape index (κ1) is 9.23. The van der Waals surface area contributed by atoms with Crippen LogP contribution in [0.4, 0.5) is 0 Å². The summed E-state index contributed by atoms with van der Waals surface area (Å²) in [6.45, 7) is 0. The van der Waals surface area contributed by atoms with E-state index >= 15 is 0 Å². The molecule has 0 aliphatic heterocycles. The lowest BCUT2D eigenvalue weighted by Gasteiger charge is -2.09. The molecular formula is C12H13NO. The summed E-state index contributed by atoms with van der Waals surface area (Å²) in [4.78, 5) is 0. The van der Waals surface area contributed by atoms with Crippen molar-refractivity contribution in [3.05, 3.63) is 35.4 Å². The van der Waals surface area contributed by atoms with Gasteiger partial charge in [-0.2, -0.15) is 5.26 Å². The van der Waals surface area contributed by atoms with E-state index < -0.39 is 0 Å². The zero-order valence-corrected chi connectivity index (χ0v) is 7.98. The summed E-state index contributed by atoms with van der Waals surface area (Å²) >= 11 is 0. The zero-order valence-electron chi connectivity index (χ0n) is 7.98. The first-order valence-corrected chi connectivity index (χ1v) is 4.97. The first-order chi connectivity index (χ1) is 6.79. The number of aliphatic hydroxyl groups excluding tert-OH is 1. The lowest BCUT2D eigenvalue weighted by atomic mass is 9.96. The van der Waals surface area contributed by atoms with Crippen LogP contribution in [0.15, 0.2) is 24.3 Å². The molecule has 0 amide bonds. The van der Waals surface area contributed by atoms with Crippen molar-refractivity contribution in [1.82, 2.24) is 0 Å². The first-order valence-electron chi connectivity index (χ1n) is 4.97. The second-order valence-electron chi connectivity index (χ2n) is 3.90.